The number of nitrogens with zero attached hydrogens (tertiary/aromatic N) is 2. The zero-order valence-corrected chi connectivity index (χ0v) is 9.87. The van der Waals surface area contributed by atoms with E-state index in [2.05, 4.69) is 4.98 Å². The molecule has 1 fully saturated rings. The van der Waals surface area contributed by atoms with Crippen molar-refractivity contribution < 1.29 is 14.7 Å². The number of piperidine rings is 1. The van der Waals surface area contributed by atoms with Crippen molar-refractivity contribution in [2.45, 2.75) is 25.3 Å². The Labute approximate surface area is 104 Å². The van der Waals surface area contributed by atoms with Gasteiger partial charge in [-0.3, -0.25) is 4.79 Å². The molecule has 2 rings (SSSR count). The van der Waals surface area contributed by atoms with E-state index in [0.29, 0.717) is 12.4 Å². The molecular weight excluding hydrogens is 234 g/mol. The predicted octanol–water partition coefficient (Wildman–Crippen LogP) is 0.624. The Morgan fingerprint density at radius 3 is 2.72 bits per heavy atom. The molecule has 6 nitrogen and oxygen atoms in total. The Hall–Kier alpha value is -2.11. The van der Waals surface area contributed by atoms with Gasteiger partial charge in [-0.1, -0.05) is 0 Å². The molecular formula is C12H15N3O3. The molecule has 18 heavy (non-hydrogen) atoms. The molecule has 0 aromatic carbocycles. The second-order valence-corrected chi connectivity index (χ2v) is 4.32. The highest BCUT2D eigenvalue weighted by Crippen LogP contribution is 2.23. The number of aromatic carboxylic acids is 1. The molecule has 1 amide bonds. The maximum Gasteiger partial charge on any atom is 0.337 e. The number of carbonyl (C=O) groups excluding carboxylic acids is 1. The molecule has 0 bridgehead atoms. The van der Waals surface area contributed by atoms with Crippen LogP contribution in [0.1, 0.15) is 29.6 Å². The van der Waals surface area contributed by atoms with Crippen molar-refractivity contribution in [2.24, 2.45) is 5.73 Å². The first-order valence-corrected chi connectivity index (χ1v) is 5.85. The van der Waals surface area contributed by atoms with Gasteiger partial charge in [0.1, 0.15) is 11.9 Å². The second kappa shape index (κ2) is 5.03. The number of hydrogen-bond donors (Lipinski definition) is 2. The van der Waals surface area contributed by atoms with Crippen LogP contribution in [0.15, 0.2) is 18.3 Å². The van der Waals surface area contributed by atoms with Gasteiger partial charge in [-0.05, 0) is 31.4 Å². The lowest BCUT2D eigenvalue weighted by molar-refractivity contribution is -0.119. The molecule has 1 unspecified atom stereocenters. The summed E-state index contributed by atoms with van der Waals surface area (Å²) in [5, 5.41) is 8.80. The Balaban J connectivity index is 2.23. The third kappa shape index (κ3) is 2.42. The molecule has 2 heterocycles. The van der Waals surface area contributed by atoms with Crippen LogP contribution in [-0.4, -0.2) is 34.6 Å². The highest BCUT2D eigenvalue weighted by Gasteiger charge is 2.27. The molecule has 1 aromatic heterocycles. The summed E-state index contributed by atoms with van der Waals surface area (Å²) >= 11 is 0. The zero-order valence-electron chi connectivity index (χ0n) is 9.87. The molecule has 1 atom stereocenters. The smallest absolute Gasteiger partial charge is 0.337 e. The number of carboxylic acids is 1. The quantitative estimate of drug-likeness (QED) is 0.818. The van der Waals surface area contributed by atoms with Gasteiger partial charge in [0, 0.05) is 12.7 Å². The van der Waals surface area contributed by atoms with Crippen LogP contribution in [0.4, 0.5) is 5.82 Å². The van der Waals surface area contributed by atoms with Crippen LogP contribution in [0.3, 0.4) is 0 Å². The summed E-state index contributed by atoms with van der Waals surface area (Å²) in [7, 11) is 0. The summed E-state index contributed by atoms with van der Waals surface area (Å²) < 4.78 is 0. The van der Waals surface area contributed by atoms with E-state index in [1.165, 1.54) is 12.3 Å². The normalized spacial score (nSPS) is 19.6. The predicted molar refractivity (Wildman–Crippen MR) is 65.4 cm³/mol. The number of carboxylic acid groups (broad SMARTS) is 1. The average molecular weight is 249 g/mol. The van der Waals surface area contributed by atoms with Gasteiger partial charge >= 0.3 is 5.97 Å². The number of amides is 1. The highest BCUT2D eigenvalue weighted by atomic mass is 16.4. The number of anilines is 1. The van der Waals surface area contributed by atoms with E-state index < -0.39 is 5.97 Å². The summed E-state index contributed by atoms with van der Waals surface area (Å²) in [4.78, 5) is 28.0. The number of pyridine rings is 1. The van der Waals surface area contributed by atoms with E-state index in [9.17, 15) is 9.59 Å². The van der Waals surface area contributed by atoms with Gasteiger partial charge in [0.15, 0.2) is 0 Å². The second-order valence-electron chi connectivity index (χ2n) is 4.32. The molecule has 1 saturated heterocycles. The van der Waals surface area contributed by atoms with Gasteiger partial charge in [0.05, 0.1) is 5.56 Å². The van der Waals surface area contributed by atoms with Crippen molar-refractivity contribution in [3.63, 3.8) is 0 Å². The van der Waals surface area contributed by atoms with E-state index in [1.54, 1.807) is 6.07 Å². The van der Waals surface area contributed by atoms with Crippen LogP contribution in [0.25, 0.3) is 0 Å². The molecule has 0 aliphatic carbocycles. The van der Waals surface area contributed by atoms with Crippen LogP contribution in [0.2, 0.25) is 0 Å². The molecule has 1 aromatic rings. The summed E-state index contributed by atoms with van der Waals surface area (Å²) in [5.41, 5.74) is 5.50. The lowest BCUT2D eigenvalue weighted by Gasteiger charge is -2.34. The summed E-state index contributed by atoms with van der Waals surface area (Å²) in [6.45, 7) is 0.715. The molecule has 96 valence electrons. The van der Waals surface area contributed by atoms with Crippen LogP contribution in [0, 0.1) is 0 Å². The van der Waals surface area contributed by atoms with Gasteiger partial charge in [0.25, 0.3) is 0 Å². The molecule has 0 spiro atoms. The standard InChI is InChI=1S/C12H15N3O3/c13-11(16)9-3-1-2-6-15(9)10-5-4-8(7-14-10)12(17)18/h4-5,7,9H,1-3,6H2,(H2,13,16)(H,17,18). The SMILES string of the molecule is NC(=O)C1CCCCN1c1ccc(C(=O)O)cn1. The summed E-state index contributed by atoms with van der Waals surface area (Å²) in [6, 6.07) is 2.75. The number of rotatable bonds is 3. The van der Waals surface area contributed by atoms with Crippen molar-refractivity contribution in [2.75, 3.05) is 11.4 Å². The largest absolute Gasteiger partial charge is 0.478 e. The van der Waals surface area contributed by atoms with E-state index >= 15 is 0 Å². The minimum absolute atomic E-state index is 0.131. The van der Waals surface area contributed by atoms with E-state index in [0.717, 1.165) is 19.3 Å². The fourth-order valence-corrected chi connectivity index (χ4v) is 2.18. The van der Waals surface area contributed by atoms with Crippen LogP contribution in [0.5, 0.6) is 0 Å². The van der Waals surface area contributed by atoms with Gasteiger partial charge in [-0.25, -0.2) is 9.78 Å². The lowest BCUT2D eigenvalue weighted by atomic mass is 10.0. The Kier molecular flexibility index (Phi) is 3.45. The lowest BCUT2D eigenvalue weighted by Crippen LogP contribution is -2.48. The first-order valence-electron chi connectivity index (χ1n) is 5.85. The maximum absolute atomic E-state index is 11.4. The maximum atomic E-state index is 11.4. The Morgan fingerprint density at radius 2 is 2.17 bits per heavy atom. The van der Waals surface area contributed by atoms with Gasteiger partial charge in [0.2, 0.25) is 5.91 Å². The number of primary amides is 1. The average Bonchev–Trinajstić information content (AvgIpc) is 2.39. The van der Waals surface area contributed by atoms with Gasteiger partial charge < -0.3 is 15.7 Å². The van der Waals surface area contributed by atoms with Gasteiger partial charge in [-0.2, -0.15) is 0 Å². The zero-order chi connectivity index (χ0) is 13.1. The van der Waals surface area contributed by atoms with E-state index in [-0.39, 0.29) is 17.5 Å². The summed E-state index contributed by atoms with van der Waals surface area (Å²) in [5.74, 6) is -0.776. The first kappa shape index (κ1) is 12.3. The number of aromatic nitrogens is 1. The third-order valence-corrected chi connectivity index (χ3v) is 3.12. The van der Waals surface area contributed by atoms with Crippen molar-refractivity contribution in [3.8, 4) is 0 Å². The number of hydrogen-bond acceptors (Lipinski definition) is 4. The highest BCUT2D eigenvalue weighted by molar-refractivity contribution is 5.87. The molecule has 6 heteroatoms. The van der Waals surface area contributed by atoms with E-state index in [4.69, 9.17) is 10.8 Å². The topological polar surface area (TPSA) is 96.5 Å². The summed E-state index contributed by atoms with van der Waals surface area (Å²) in [6.07, 6.45) is 3.96. The van der Waals surface area contributed by atoms with E-state index in [1.807, 2.05) is 4.90 Å². The van der Waals surface area contributed by atoms with Crippen LogP contribution < -0.4 is 10.6 Å². The van der Waals surface area contributed by atoms with Crippen molar-refractivity contribution in [1.29, 1.82) is 0 Å². The van der Waals surface area contributed by atoms with Crippen molar-refractivity contribution >= 4 is 17.7 Å². The molecule has 1 aliphatic rings. The molecule has 3 N–H and O–H groups in total. The fraction of sp³-hybridized carbons (Fsp3) is 0.417. The molecule has 1 aliphatic heterocycles. The fourth-order valence-electron chi connectivity index (χ4n) is 2.18. The first-order chi connectivity index (χ1) is 8.59. The number of carbonyl (C=O) groups is 2. The number of nitrogens with two attached hydrogens (primary N) is 1. The minimum atomic E-state index is -1.01. The van der Waals surface area contributed by atoms with Crippen molar-refractivity contribution in [3.05, 3.63) is 23.9 Å². The monoisotopic (exact) mass is 249 g/mol. The van der Waals surface area contributed by atoms with Crippen LogP contribution >= 0.6 is 0 Å². The minimum Gasteiger partial charge on any atom is -0.478 e. The Morgan fingerprint density at radius 1 is 1.39 bits per heavy atom. The molecule has 0 radical (unpaired) electrons. The molecule has 0 saturated carbocycles. The Bertz CT molecular complexity index is 458. The third-order valence-electron chi connectivity index (χ3n) is 3.12. The van der Waals surface area contributed by atoms with Gasteiger partial charge in [-0.15, -0.1) is 0 Å². The van der Waals surface area contributed by atoms with Crippen LogP contribution in [-0.2, 0) is 4.79 Å². The van der Waals surface area contributed by atoms with Crippen molar-refractivity contribution in [1.82, 2.24) is 4.98 Å².